The van der Waals surface area contributed by atoms with Gasteiger partial charge < -0.3 is 4.90 Å². The Kier molecular flexibility index (Phi) is 7.12. The first-order valence-electron chi connectivity index (χ1n) is 14.6. The van der Waals surface area contributed by atoms with E-state index < -0.39 is 0 Å². The van der Waals surface area contributed by atoms with Crippen LogP contribution in [0.4, 0.5) is 17.1 Å². The van der Waals surface area contributed by atoms with Crippen molar-refractivity contribution in [1.82, 2.24) is 9.78 Å². The Morgan fingerprint density at radius 1 is 0.442 bits per heavy atom. The van der Waals surface area contributed by atoms with Gasteiger partial charge in [0.2, 0.25) is 0 Å². The predicted octanol–water partition coefficient (Wildman–Crippen LogP) is 10.7. The fourth-order valence-corrected chi connectivity index (χ4v) is 5.46. The van der Waals surface area contributed by atoms with Crippen LogP contribution in [0.1, 0.15) is 5.56 Å². The highest BCUT2D eigenvalue weighted by molar-refractivity contribution is 5.78. The summed E-state index contributed by atoms with van der Waals surface area (Å²) in [7, 11) is 0. The van der Waals surface area contributed by atoms with E-state index in [0.29, 0.717) is 0 Å². The van der Waals surface area contributed by atoms with Crippen molar-refractivity contribution in [1.29, 1.82) is 0 Å². The number of aromatic nitrogens is 2. The van der Waals surface area contributed by atoms with Gasteiger partial charge in [0.15, 0.2) is 0 Å². The second-order valence-electron chi connectivity index (χ2n) is 10.7. The molecule has 0 saturated heterocycles. The number of anilines is 3. The number of rotatable bonds is 7. The first kappa shape index (κ1) is 26.2. The molecule has 0 unspecified atom stereocenters. The van der Waals surface area contributed by atoms with Crippen LogP contribution in [0, 0.1) is 6.92 Å². The summed E-state index contributed by atoms with van der Waals surface area (Å²) in [6, 6.07) is 59.6. The van der Waals surface area contributed by atoms with E-state index in [4.69, 9.17) is 5.10 Å². The van der Waals surface area contributed by atoms with Crippen LogP contribution in [0.3, 0.4) is 0 Å². The minimum Gasteiger partial charge on any atom is -0.311 e. The van der Waals surface area contributed by atoms with Gasteiger partial charge in [0.05, 0.1) is 17.1 Å². The van der Waals surface area contributed by atoms with E-state index in [0.717, 1.165) is 45.3 Å². The molecule has 1 aromatic heterocycles. The highest BCUT2D eigenvalue weighted by Gasteiger charge is 2.16. The number of para-hydroxylation sites is 2. The SMILES string of the molecule is Cc1ccc(-c2cc(-c3ccc(-c4ccccc4)cc3)n(-c3ccc(N(c4ccccc4)c4ccccc4)cc3)n2)cc1. The molecular weight excluding hydrogens is 522 g/mol. The van der Waals surface area contributed by atoms with E-state index in [1.807, 2.05) is 18.2 Å². The van der Waals surface area contributed by atoms with Crippen molar-refractivity contribution >= 4 is 17.1 Å². The number of aryl methyl sites for hydroxylation is 1. The lowest BCUT2D eigenvalue weighted by atomic mass is 10.0. The Hall–Kier alpha value is -5.67. The maximum absolute atomic E-state index is 5.13. The number of benzene rings is 6. The highest BCUT2D eigenvalue weighted by atomic mass is 15.3. The summed E-state index contributed by atoms with van der Waals surface area (Å²) < 4.78 is 2.06. The van der Waals surface area contributed by atoms with Crippen LogP contribution in [0.25, 0.3) is 39.3 Å². The summed E-state index contributed by atoms with van der Waals surface area (Å²) >= 11 is 0. The predicted molar refractivity (Wildman–Crippen MR) is 179 cm³/mol. The van der Waals surface area contributed by atoms with Crippen LogP contribution in [0.2, 0.25) is 0 Å². The molecule has 7 rings (SSSR count). The first-order chi connectivity index (χ1) is 21.2. The summed E-state index contributed by atoms with van der Waals surface area (Å²) in [6.45, 7) is 2.11. The molecule has 0 saturated carbocycles. The van der Waals surface area contributed by atoms with Crippen LogP contribution in [0.5, 0.6) is 0 Å². The minimum atomic E-state index is 0.946. The van der Waals surface area contributed by atoms with Crippen molar-refractivity contribution in [2.24, 2.45) is 0 Å². The van der Waals surface area contributed by atoms with E-state index in [1.54, 1.807) is 0 Å². The zero-order valence-corrected chi connectivity index (χ0v) is 24.0. The van der Waals surface area contributed by atoms with Crippen LogP contribution in [-0.2, 0) is 0 Å². The van der Waals surface area contributed by atoms with E-state index >= 15 is 0 Å². The molecule has 0 N–H and O–H groups in total. The molecule has 0 fully saturated rings. The summed E-state index contributed by atoms with van der Waals surface area (Å²) in [6.07, 6.45) is 0. The lowest BCUT2D eigenvalue weighted by Gasteiger charge is -2.25. The molecule has 6 aromatic carbocycles. The average Bonchev–Trinajstić information content (AvgIpc) is 3.53. The molecule has 7 aromatic rings. The summed E-state index contributed by atoms with van der Waals surface area (Å²) in [5, 5.41) is 5.13. The van der Waals surface area contributed by atoms with E-state index in [2.05, 4.69) is 168 Å². The van der Waals surface area contributed by atoms with Gasteiger partial charge in [-0.1, -0.05) is 121 Å². The normalized spacial score (nSPS) is 10.9. The zero-order valence-electron chi connectivity index (χ0n) is 24.0. The Bertz CT molecular complexity index is 1880. The minimum absolute atomic E-state index is 0.946. The molecular formula is C40H31N3. The second kappa shape index (κ2) is 11.7. The van der Waals surface area contributed by atoms with Crippen molar-refractivity contribution < 1.29 is 0 Å². The van der Waals surface area contributed by atoms with Gasteiger partial charge in [-0.15, -0.1) is 0 Å². The molecule has 0 spiro atoms. The van der Waals surface area contributed by atoms with E-state index in [9.17, 15) is 0 Å². The van der Waals surface area contributed by atoms with Crippen molar-refractivity contribution in [3.63, 3.8) is 0 Å². The Morgan fingerprint density at radius 3 is 1.49 bits per heavy atom. The van der Waals surface area contributed by atoms with Crippen LogP contribution in [0.15, 0.2) is 170 Å². The third kappa shape index (κ3) is 5.49. The quantitative estimate of drug-likeness (QED) is 0.196. The molecule has 0 aliphatic heterocycles. The van der Waals surface area contributed by atoms with Crippen molar-refractivity contribution in [3.05, 3.63) is 175 Å². The van der Waals surface area contributed by atoms with Gasteiger partial charge in [-0.05, 0) is 72.6 Å². The molecule has 0 amide bonds. The van der Waals surface area contributed by atoms with Crippen molar-refractivity contribution in [3.8, 4) is 39.3 Å². The standard InChI is InChI=1S/C40H31N3/c1-30-17-19-33(20-18-30)39-29-40(34-23-21-32(22-24-34)31-11-5-2-6-12-31)43(41-39)38-27-25-37(26-28-38)42(35-13-7-3-8-14-35)36-15-9-4-10-16-36/h2-29H,1H3. The van der Waals surface area contributed by atoms with Gasteiger partial charge in [0.25, 0.3) is 0 Å². The lowest BCUT2D eigenvalue weighted by molar-refractivity contribution is 0.892. The fraction of sp³-hybridized carbons (Fsp3) is 0.0250. The van der Waals surface area contributed by atoms with E-state index in [1.165, 1.54) is 16.7 Å². The maximum atomic E-state index is 5.13. The van der Waals surface area contributed by atoms with Gasteiger partial charge in [-0.25, -0.2) is 4.68 Å². The van der Waals surface area contributed by atoms with Gasteiger partial charge >= 0.3 is 0 Å². The number of hydrogen-bond acceptors (Lipinski definition) is 2. The molecule has 0 aliphatic rings. The Balaban J connectivity index is 1.30. The average molecular weight is 554 g/mol. The lowest BCUT2D eigenvalue weighted by Crippen LogP contribution is -2.10. The second-order valence-corrected chi connectivity index (χ2v) is 10.7. The molecule has 206 valence electrons. The summed E-state index contributed by atoms with van der Waals surface area (Å²) in [5.41, 5.74) is 12.2. The Morgan fingerprint density at radius 2 is 0.907 bits per heavy atom. The van der Waals surface area contributed by atoms with Crippen LogP contribution >= 0.6 is 0 Å². The van der Waals surface area contributed by atoms with E-state index in [-0.39, 0.29) is 0 Å². The topological polar surface area (TPSA) is 21.1 Å². The third-order valence-corrected chi connectivity index (χ3v) is 7.73. The molecule has 3 nitrogen and oxygen atoms in total. The first-order valence-corrected chi connectivity index (χ1v) is 14.6. The summed E-state index contributed by atoms with van der Waals surface area (Å²) in [5.74, 6) is 0. The van der Waals surface area contributed by atoms with Gasteiger partial charge in [-0.3, -0.25) is 0 Å². The maximum Gasteiger partial charge on any atom is 0.0934 e. The molecule has 3 heteroatoms. The smallest absolute Gasteiger partial charge is 0.0934 e. The third-order valence-electron chi connectivity index (χ3n) is 7.73. The summed E-state index contributed by atoms with van der Waals surface area (Å²) in [4.78, 5) is 2.27. The molecule has 1 heterocycles. The van der Waals surface area contributed by atoms with Gasteiger partial charge in [0, 0.05) is 28.2 Å². The molecule has 0 aliphatic carbocycles. The van der Waals surface area contributed by atoms with Crippen molar-refractivity contribution in [2.45, 2.75) is 6.92 Å². The van der Waals surface area contributed by atoms with Crippen LogP contribution in [-0.4, -0.2) is 9.78 Å². The molecule has 0 bridgehead atoms. The monoisotopic (exact) mass is 553 g/mol. The highest BCUT2D eigenvalue weighted by Crippen LogP contribution is 2.36. The van der Waals surface area contributed by atoms with Crippen LogP contribution < -0.4 is 4.90 Å². The number of nitrogens with zero attached hydrogens (tertiary/aromatic N) is 3. The largest absolute Gasteiger partial charge is 0.311 e. The van der Waals surface area contributed by atoms with Gasteiger partial charge in [0.1, 0.15) is 0 Å². The molecule has 43 heavy (non-hydrogen) atoms. The molecule has 0 atom stereocenters. The van der Waals surface area contributed by atoms with Crippen molar-refractivity contribution in [2.75, 3.05) is 4.90 Å². The molecule has 0 radical (unpaired) electrons. The number of hydrogen-bond donors (Lipinski definition) is 0. The fourth-order valence-electron chi connectivity index (χ4n) is 5.46. The zero-order chi connectivity index (χ0) is 29.0. The Labute approximate surface area is 253 Å². The van der Waals surface area contributed by atoms with Gasteiger partial charge in [-0.2, -0.15) is 5.10 Å².